The molecular formula is C35H44N4O5. The Hall–Kier alpha value is -4.05. The van der Waals surface area contributed by atoms with E-state index in [9.17, 15) is 19.5 Å². The summed E-state index contributed by atoms with van der Waals surface area (Å²) in [7, 11) is 0. The van der Waals surface area contributed by atoms with E-state index in [1.807, 2.05) is 93.6 Å². The van der Waals surface area contributed by atoms with Crippen molar-refractivity contribution in [2.45, 2.75) is 70.7 Å². The van der Waals surface area contributed by atoms with E-state index in [1.54, 1.807) is 4.90 Å². The number of hydrogen-bond donors (Lipinski definition) is 5. The molecule has 9 nitrogen and oxygen atoms in total. The molecule has 9 heteroatoms. The van der Waals surface area contributed by atoms with Crippen molar-refractivity contribution < 1.29 is 24.6 Å². The van der Waals surface area contributed by atoms with Gasteiger partial charge in [0.15, 0.2) is 0 Å². The molecule has 0 fully saturated rings. The summed E-state index contributed by atoms with van der Waals surface area (Å²) in [5.41, 5.74) is 5.12. The van der Waals surface area contributed by atoms with Crippen LogP contribution in [0.1, 0.15) is 50.3 Å². The normalized spacial score (nSPS) is 15.7. The first-order valence-corrected chi connectivity index (χ1v) is 15.3. The van der Waals surface area contributed by atoms with E-state index in [0.717, 1.165) is 33.5 Å². The summed E-state index contributed by atoms with van der Waals surface area (Å²) >= 11 is 0. The number of benzene rings is 3. The number of carbonyl (C=O) groups excluding carboxylic acids is 3. The molecule has 3 aromatic carbocycles. The van der Waals surface area contributed by atoms with Crippen LogP contribution >= 0.6 is 0 Å². The Labute approximate surface area is 259 Å². The molecule has 1 aliphatic rings. The summed E-state index contributed by atoms with van der Waals surface area (Å²) in [6.07, 6.45) is 0.621. The summed E-state index contributed by atoms with van der Waals surface area (Å²) in [4.78, 5) is 41.1. The zero-order valence-corrected chi connectivity index (χ0v) is 25.8. The predicted octanol–water partition coefficient (Wildman–Crippen LogP) is 3.11. The van der Waals surface area contributed by atoms with Crippen molar-refractivity contribution in [3.63, 3.8) is 0 Å². The van der Waals surface area contributed by atoms with Crippen molar-refractivity contribution in [1.82, 2.24) is 16.0 Å². The van der Waals surface area contributed by atoms with Gasteiger partial charge < -0.3 is 31.1 Å². The van der Waals surface area contributed by atoms with E-state index >= 15 is 0 Å². The van der Waals surface area contributed by atoms with Crippen molar-refractivity contribution in [3.05, 3.63) is 89.5 Å². The molecule has 4 rings (SSSR count). The lowest BCUT2D eigenvalue weighted by atomic mass is 9.96. The third kappa shape index (κ3) is 8.75. The van der Waals surface area contributed by atoms with Crippen LogP contribution in [0.25, 0.3) is 11.1 Å². The molecule has 0 radical (unpaired) electrons. The maximum atomic E-state index is 14.0. The second kappa shape index (κ2) is 15.1. The summed E-state index contributed by atoms with van der Waals surface area (Å²) < 4.78 is 0. The zero-order valence-electron chi connectivity index (χ0n) is 25.8. The molecule has 0 saturated carbocycles. The van der Waals surface area contributed by atoms with E-state index in [2.05, 4.69) is 16.0 Å². The molecule has 0 unspecified atom stereocenters. The Kier molecular flexibility index (Phi) is 11.3. The molecule has 0 aromatic heterocycles. The zero-order chi connectivity index (χ0) is 31.7. The van der Waals surface area contributed by atoms with Gasteiger partial charge in [-0.2, -0.15) is 0 Å². The minimum Gasteiger partial charge on any atom is -0.394 e. The minimum absolute atomic E-state index is 0.0168. The lowest BCUT2D eigenvalue weighted by molar-refractivity contribution is -0.128. The topological polar surface area (TPSA) is 131 Å². The highest BCUT2D eigenvalue weighted by molar-refractivity contribution is 6.00. The van der Waals surface area contributed by atoms with Gasteiger partial charge in [0.2, 0.25) is 17.7 Å². The predicted molar refractivity (Wildman–Crippen MR) is 172 cm³/mol. The van der Waals surface area contributed by atoms with Crippen molar-refractivity contribution in [3.8, 4) is 11.1 Å². The number of amides is 3. The van der Waals surface area contributed by atoms with Crippen LogP contribution in [0.5, 0.6) is 0 Å². The van der Waals surface area contributed by atoms with Crippen molar-refractivity contribution >= 4 is 23.4 Å². The number of fused-ring (bicyclic) bond motifs is 1. The number of hydrogen-bond acceptors (Lipinski definition) is 6. The lowest BCUT2D eigenvalue weighted by Gasteiger charge is -2.29. The maximum absolute atomic E-state index is 14.0. The molecule has 44 heavy (non-hydrogen) atoms. The van der Waals surface area contributed by atoms with Crippen LogP contribution in [0.2, 0.25) is 0 Å². The van der Waals surface area contributed by atoms with Gasteiger partial charge in [0.05, 0.1) is 25.7 Å². The Morgan fingerprint density at radius 3 is 2.43 bits per heavy atom. The Bertz CT molecular complexity index is 1440. The van der Waals surface area contributed by atoms with Gasteiger partial charge in [-0.3, -0.25) is 14.4 Å². The van der Waals surface area contributed by atoms with E-state index in [1.165, 1.54) is 0 Å². The Morgan fingerprint density at radius 1 is 1.00 bits per heavy atom. The Balaban J connectivity index is 1.50. The first-order chi connectivity index (χ1) is 21.1. The van der Waals surface area contributed by atoms with Crippen LogP contribution in [0.15, 0.2) is 72.8 Å². The number of para-hydroxylation sites is 1. The van der Waals surface area contributed by atoms with Crippen molar-refractivity contribution in [2.75, 3.05) is 24.6 Å². The van der Waals surface area contributed by atoms with Crippen LogP contribution in [0, 0.1) is 0 Å². The van der Waals surface area contributed by atoms with Crippen molar-refractivity contribution in [2.24, 2.45) is 0 Å². The molecule has 0 aliphatic carbocycles. The van der Waals surface area contributed by atoms with E-state index in [0.29, 0.717) is 32.4 Å². The van der Waals surface area contributed by atoms with Gasteiger partial charge in [-0.1, -0.05) is 66.7 Å². The smallest absolute Gasteiger partial charge is 0.249 e. The van der Waals surface area contributed by atoms with Gasteiger partial charge in [0.25, 0.3) is 0 Å². The maximum Gasteiger partial charge on any atom is 0.249 e. The van der Waals surface area contributed by atoms with Gasteiger partial charge in [-0.25, -0.2) is 0 Å². The van der Waals surface area contributed by atoms with Crippen LogP contribution < -0.4 is 20.9 Å². The summed E-state index contributed by atoms with van der Waals surface area (Å²) in [6.45, 7) is 6.31. The third-order valence-electron chi connectivity index (χ3n) is 7.86. The highest BCUT2D eigenvalue weighted by Gasteiger charge is 2.32. The molecular weight excluding hydrogens is 556 g/mol. The average molecular weight is 601 g/mol. The standard InChI is InChI=1S/C35H44N4O5/c1-4-36-32(42)19-27-10-5-7-11-29(27)25-15-13-24(14-16-25)22-39-31-12-8-6-9-26(31)17-18-30(34(39)44)38-33(43)20-35(2,3)37-21-28(41)23-40/h5-16,28,30,37,40-41H,4,17-23H2,1-3H3,(H,36,42)(H,38,43)/t28-,30+/m0/s1. The highest BCUT2D eigenvalue weighted by atomic mass is 16.3. The number of carbonyl (C=O) groups is 3. The SMILES string of the molecule is CCNC(=O)Cc1ccccc1-c1ccc(CN2C(=O)[C@H](NC(=O)CC(C)(C)NC[C@H](O)CO)CCc3ccccc32)cc1. The third-order valence-corrected chi connectivity index (χ3v) is 7.86. The van der Waals surface area contributed by atoms with Gasteiger partial charge >= 0.3 is 0 Å². The van der Waals surface area contributed by atoms with Crippen LogP contribution in [-0.2, 0) is 33.8 Å². The van der Waals surface area contributed by atoms with E-state index in [4.69, 9.17) is 5.11 Å². The Morgan fingerprint density at radius 2 is 1.70 bits per heavy atom. The number of anilines is 1. The second-order valence-electron chi connectivity index (χ2n) is 12.0. The molecule has 234 valence electrons. The minimum atomic E-state index is -0.913. The van der Waals surface area contributed by atoms with Gasteiger partial charge in [0.1, 0.15) is 6.04 Å². The molecule has 3 aromatic rings. The number of aliphatic hydroxyl groups is 2. The molecule has 0 bridgehead atoms. The van der Waals surface area contributed by atoms with E-state index in [-0.39, 0.29) is 37.3 Å². The number of nitrogens with zero attached hydrogens (tertiary/aromatic N) is 1. The van der Waals surface area contributed by atoms with E-state index < -0.39 is 17.7 Å². The number of likely N-dealkylation sites (N-methyl/N-ethyl adjacent to an activating group) is 1. The second-order valence-corrected chi connectivity index (χ2v) is 12.0. The fraction of sp³-hybridized carbons (Fsp3) is 0.400. The number of rotatable bonds is 13. The van der Waals surface area contributed by atoms with Gasteiger partial charge in [-0.05, 0) is 67.5 Å². The fourth-order valence-electron chi connectivity index (χ4n) is 5.54. The monoisotopic (exact) mass is 600 g/mol. The van der Waals surface area contributed by atoms with Gasteiger partial charge in [-0.15, -0.1) is 0 Å². The average Bonchev–Trinajstić information content (AvgIpc) is 3.13. The number of aliphatic hydroxyl groups excluding tert-OH is 2. The largest absolute Gasteiger partial charge is 0.394 e. The lowest BCUT2D eigenvalue weighted by Crippen LogP contribution is -2.51. The number of nitrogens with one attached hydrogen (secondary N) is 3. The molecule has 0 saturated heterocycles. The fourth-order valence-corrected chi connectivity index (χ4v) is 5.54. The summed E-state index contributed by atoms with van der Waals surface area (Å²) in [6, 6.07) is 23.1. The molecule has 5 N–H and O–H groups in total. The van der Waals surface area contributed by atoms with Crippen LogP contribution in [-0.4, -0.2) is 65.3 Å². The number of β-amino-alcohol motifs (C(OH)–C–C–N with tert-alkyl or cyclic N) is 1. The first-order valence-electron chi connectivity index (χ1n) is 15.3. The van der Waals surface area contributed by atoms with Gasteiger partial charge in [0, 0.05) is 30.7 Å². The molecule has 1 aliphatic heterocycles. The van der Waals surface area contributed by atoms with Crippen molar-refractivity contribution in [1.29, 1.82) is 0 Å². The molecule has 0 spiro atoms. The molecule has 1 heterocycles. The molecule has 3 amide bonds. The van der Waals surface area contributed by atoms with Crippen LogP contribution in [0.4, 0.5) is 5.69 Å². The van der Waals surface area contributed by atoms with Crippen LogP contribution in [0.3, 0.4) is 0 Å². The molecule has 2 atom stereocenters. The number of aryl methyl sites for hydroxylation is 1. The first kappa shape index (κ1) is 32.9. The highest BCUT2D eigenvalue weighted by Crippen LogP contribution is 2.30. The summed E-state index contributed by atoms with van der Waals surface area (Å²) in [5, 5.41) is 27.7. The summed E-state index contributed by atoms with van der Waals surface area (Å²) in [5.74, 6) is -0.445. The quantitative estimate of drug-likeness (QED) is 0.205.